The average Bonchev–Trinajstić information content (AvgIpc) is 2.91. The highest BCUT2D eigenvalue weighted by molar-refractivity contribution is 6.33. The molecule has 0 saturated carbocycles. The normalized spacial score (nSPS) is 15.1. The number of nitrogens with one attached hydrogen (secondary N) is 1. The van der Waals surface area contributed by atoms with Gasteiger partial charge in [-0.25, -0.2) is 9.69 Å². The van der Waals surface area contributed by atoms with Gasteiger partial charge >= 0.3 is 6.03 Å². The van der Waals surface area contributed by atoms with E-state index < -0.39 is 11.9 Å². The van der Waals surface area contributed by atoms with Crippen LogP contribution < -0.4 is 19.7 Å². The third-order valence-electron chi connectivity index (χ3n) is 3.88. The number of imide groups is 1. The van der Waals surface area contributed by atoms with Crippen LogP contribution in [0.2, 0.25) is 10.0 Å². The molecule has 3 rings (SSSR count). The first kappa shape index (κ1) is 20.0. The van der Waals surface area contributed by atoms with Crippen LogP contribution in [0.5, 0.6) is 11.5 Å². The zero-order valence-corrected chi connectivity index (χ0v) is 16.8. The first-order valence-electron chi connectivity index (χ1n) is 8.66. The smallest absolute Gasteiger partial charge is 0.333 e. The van der Waals surface area contributed by atoms with Gasteiger partial charge in [-0.2, -0.15) is 0 Å². The first-order valence-corrected chi connectivity index (χ1v) is 9.42. The second kappa shape index (κ2) is 8.54. The summed E-state index contributed by atoms with van der Waals surface area (Å²) in [5.74, 6) is 0.415. The Bertz CT molecular complexity index is 959. The third kappa shape index (κ3) is 4.08. The molecule has 0 spiro atoms. The number of urea groups is 1. The number of benzene rings is 2. The van der Waals surface area contributed by atoms with E-state index in [4.69, 9.17) is 32.7 Å². The van der Waals surface area contributed by atoms with E-state index in [9.17, 15) is 9.59 Å². The molecule has 1 aliphatic heterocycles. The van der Waals surface area contributed by atoms with Crippen LogP contribution in [-0.4, -0.2) is 25.2 Å². The van der Waals surface area contributed by atoms with E-state index in [1.54, 1.807) is 36.4 Å². The molecule has 1 heterocycles. The lowest BCUT2D eigenvalue weighted by atomic mass is 10.1. The Labute approximate surface area is 172 Å². The van der Waals surface area contributed by atoms with Gasteiger partial charge in [0.1, 0.15) is 5.70 Å². The van der Waals surface area contributed by atoms with E-state index in [1.807, 2.05) is 13.8 Å². The second-order valence-electron chi connectivity index (χ2n) is 5.80. The van der Waals surface area contributed by atoms with Crippen molar-refractivity contribution in [1.82, 2.24) is 5.32 Å². The van der Waals surface area contributed by atoms with E-state index in [0.717, 1.165) is 4.90 Å². The molecular formula is C20H18Cl2N2O4. The van der Waals surface area contributed by atoms with E-state index >= 15 is 0 Å². The Hall–Kier alpha value is -2.70. The minimum atomic E-state index is -0.555. The van der Waals surface area contributed by atoms with Crippen LogP contribution in [0.25, 0.3) is 6.08 Å². The molecule has 1 fully saturated rings. The number of carbonyl (C=O) groups is 2. The van der Waals surface area contributed by atoms with Crippen LogP contribution in [0, 0.1) is 0 Å². The Kier molecular flexibility index (Phi) is 6.11. The highest BCUT2D eigenvalue weighted by Gasteiger charge is 2.35. The Balaban J connectivity index is 1.95. The van der Waals surface area contributed by atoms with Gasteiger partial charge in [0.2, 0.25) is 0 Å². The molecule has 0 atom stereocenters. The Morgan fingerprint density at radius 3 is 2.50 bits per heavy atom. The number of hydrogen-bond donors (Lipinski definition) is 1. The fourth-order valence-corrected chi connectivity index (χ4v) is 3.23. The van der Waals surface area contributed by atoms with Crippen molar-refractivity contribution in [3.05, 3.63) is 57.7 Å². The molecule has 0 radical (unpaired) electrons. The van der Waals surface area contributed by atoms with Crippen LogP contribution >= 0.6 is 23.2 Å². The number of rotatable bonds is 6. The third-order valence-corrected chi connectivity index (χ3v) is 4.39. The number of carbonyl (C=O) groups excluding carboxylic acids is 2. The summed E-state index contributed by atoms with van der Waals surface area (Å²) in [4.78, 5) is 26.1. The maximum absolute atomic E-state index is 12.7. The molecule has 8 heteroatoms. The molecule has 0 bridgehead atoms. The molecule has 2 aromatic rings. The zero-order chi connectivity index (χ0) is 20.3. The highest BCUT2D eigenvalue weighted by atomic mass is 35.5. The van der Waals surface area contributed by atoms with Gasteiger partial charge in [-0.3, -0.25) is 4.79 Å². The molecule has 1 saturated heterocycles. The van der Waals surface area contributed by atoms with Crippen molar-refractivity contribution in [3.8, 4) is 11.5 Å². The van der Waals surface area contributed by atoms with E-state index in [1.165, 1.54) is 6.08 Å². The predicted octanol–water partition coefficient (Wildman–Crippen LogP) is 4.89. The van der Waals surface area contributed by atoms with Gasteiger partial charge in [0.25, 0.3) is 5.91 Å². The van der Waals surface area contributed by atoms with Gasteiger partial charge in [-0.05, 0) is 55.8 Å². The standard InChI is InChI=1S/C20H18Cl2N2O4/c1-3-27-17-10-12(8-15(22)18(17)28-4-2)9-16-19(25)24(20(26)23-16)14-7-5-6-13(21)11-14/h5-11H,3-4H2,1-2H3,(H,23,26)/b16-9+. The van der Waals surface area contributed by atoms with Gasteiger partial charge in [-0.15, -0.1) is 0 Å². The van der Waals surface area contributed by atoms with Gasteiger partial charge in [0.05, 0.1) is 23.9 Å². The van der Waals surface area contributed by atoms with Crippen LogP contribution in [0.3, 0.4) is 0 Å². The average molecular weight is 421 g/mol. The number of amides is 3. The van der Waals surface area contributed by atoms with Gasteiger partial charge in [0, 0.05) is 5.02 Å². The monoisotopic (exact) mass is 420 g/mol. The maximum Gasteiger partial charge on any atom is 0.333 e. The van der Waals surface area contributed by atoms with E-state index in [2.05, 4.69) is 5.32 Å². The molecule has 1 N–H and O–H groups in total. The highest BCUT2D eigenvalue weighted by Crippen LogP contribution is 2.37. The fourth-order valence-electron chi connectivity index (χ4n) is 2.77. The van der Waals surface area contributed by atoms with Gasteiger partial charge < -0.3 is 14.8 Å². The molecule has 0 aromatic heterocycles. The minimum Gasteiger partial charge on any atom is -0.490 e. The van der Waals surface area contributed by atoms with Crippen LogP contribution in [-0.2, 0) is 4.79 Å². The topological polar surface area (TPSA) is 67.9 Å². The first-order chi connectivity index (χ1) is 13.4. The summed E-state index contributed by atoms with van der Waals surface area (Å²) in [6.07, 6.45) is 1.54. The summed E-state index contributed by atoms with van der Waals surface area (Å²) in [5, 5.41) is 3.35. The molecule has 0 unspecified atom stereocenters. The molecule has 146 valence electrons. The predicted molar refractivity (Wildman–Crippen MR) is 109 cm³/mol. The van der Waals surface area contributed by atoms with Crippen molar-refractivity contribution in [2.75, 3.05) is 18.1 Å². The van der Waals surface area contributed by atoms with E-state index in [0.29, 0.717) is 46.0 Å². The van der Waals surface area contributed by atoms with Crippen molar-refractivity contribution in [2.45, 2.75) is 13.8 Å². The van der Waals surface area contributed by atoms with Crippen molar-refractivity contribution >= 4 is 46.9 Å². The quantitative estimate of drug-likeness (QED) is 0.533. The summed E-state index contributed by atoms with van der Waals surface area (Å²) < 4.78 is 11.1. The number of ether oxygens (including phenoxy) is 2. The molecule has 0 aliphatic carbocycles. The minimum absolute atomic E-state index is 0.118. The fraction of sp³-hybridized carbons (Fsp3) is 0.200. The maximum atomic E-state index is 12.7. The largest absolute Gasteiger partial charge is 0.490 e. The number of anilines is 1. The Morgan fingerprint density at radius 2 is 1.82 bits per heavy atom. The van der Waals surface area contributed by atoms with Crippen LogP contribution in [0.15, 0.2) is 42.1 Å². The summed E-state index contributed by atoms with van der Waals surface area (Å²) >= 11 is 12.3. The van der Waals surface area contributed by atoms with Crippen molar-refractivity contribution in [3.63, 3.8) is 0 Å². The number of nitrogens with zero attached hydrogens (tertiary/aromatic N) is 1. The summed E-state index contributed by atoms with van der Waals surface area (Å²) in [5.41, 5.74) is 1.10. The Morgan fingerprint density at radius 1 is 1.07 bits per heavy atom. The molecule has 2 aromatic carbocycles. The van der Waals surface area contributed by atoms with Crippen molar-refractivity contribution in [2.24, 2.45) is 0 Å². The lowest BCUT2D eigenvalue weighted by molar-refractivity contribution is -0.113. The second-order valence-corrected chi connectivity index (χ2v) is 6.65. The SMILES string of the molecule is CCOc1cc(/C=C2/NC(=O)N(c3cccc(Cl)c3)C2=O)cc(Cl)c1OCC. The van der Waals surface area contributed by atoms with Crippen molar-refractivity contribution in [1.29, 1.82) is 0 Å². The molecule has 3 amide bonds. The zero-order valence-electron chi connectivity index (χ0n) is 15.3. The summed E-state index contributed by atoms with van der Waals surface area (Å²) in [7, 11) is 0. The molecule has 6 nitrogen and oxygen atoms in total. The number of hydrogen-bond acceptors (Lipinski definition) is 4. The molecule has 1 aliphatic rings. The van der Waals surface area contributed by atoms with Crippen LogP contribution in [0.1, 0.15) is 19.4 Å². The van der Waals surface area contributed by atoms with Gasteiger partial charge in [0.15, 0.2) is 11.5 Å². The lowest BCUT2D eigenvalue weighted by Crippen LogP contribution is -2.30. The van der Waals surface area contributed by atoms with Crippen molar-refractivity contribution < 1.29 is 19.1 Å². The van der Waals surface area contributed by atoms with E-state index in [-0.39, 0.29) is 5.70 Å². The lowest BCUT2D eigenvalue weighted by Gasteiger charge is -2.13. The summed E-state index contributed by atoms with van der Waals surface area (Å²) in [6.45, 7) is 4.55. The number of halogens is 2. The molecular weight excluding hydrogens is 403 g/mol. The molecule has 28 heavy (non-hydrogen) atoms. The van der Waals surface area contributed by atoms with Gasteiger partial charge in [-0.1, -0.05) is 29.3 Å². The summed E-state index contributed by atoms with van der Waals surface area (Å²) in [6, 6.07) is 9.30. The van der Waals surface area contributed by atoms with Crippen LogP contribution in [0.4, 0.5) is 10.5 Å².